The first kappa shape index (κ1) is 13.0. The molecule has 0 aromatic heterocycles. The Morgan fingerprint density at radius 1 is 1.12 bits per heavy atom. The minimum Gasteiger partial charge on any atom is -0.384 e. The fourth-order valence-corrected chi connectivity index (χ4v) is 2.88. The van der Waals surface area contributed by atoms with Crippen LogP contribution in [0.1, 0.15) is 38.5 Å². The minimum atomic E-state index is 0.731. The SMILES string of the molecule is Clc1ccc(Cl)c(NCCC2CCCCC2)c1. The van der Waals surface area contributed by atoms with Gasteiger partial charge in [0.15, 0.2) is 0 Å². The smallest absolute Gasteiger partial charge is 0.0638 e. The minimum absolute atomic E-state index is 0.731. The highest BCUT2D eigenvalue weighted by Crippen LogP contribution is 2.28. The molecule has 94 valence electrons. The molecule has 1 nitrogen and oxygen atoms in total. The molecule has 3 heteroatoms. The lowest BCUT2D eigenvalue weighted by atomic mass is 9.87. The van der Waals surface area contributed by atoms with Crippen molar-refractivity contribution in [1.29, 1.82) is 0 Å². The van der Waals surface area contributed by atoms with Gasteiger partial charge in [-0.1, -0.05) is 55.3 Å². The van der Waals surface area contributed by atoms with Gasteiger partial charge in [0.2, 0.25) is 0 Å². The lowest BCUT2D eigenvalue weighted by Gasteiger charge is -2.21. The van der Waals surface area contributed by atoms with Gasteiger partial charge in [0.05, 0.1) is 10.7 Å². The maximum atomic E-state index is 6.10. The largest absolute Gasteiger partial charge is 0.384 e. The van der Waals surface area contributed by atoms with E-state index in [1.165, 1.54) is 38.5 Å². The van der Waals surface area contributed by atoms with Gasteiger partial charge in [-0.2, -0.15) is 0 Å². The van der Waals surface area contributed by atoms with Crippen molar-refractivity contribution in [2.24, 2.45) is 5.92 Å². The molecule has 1 fully saturated rings. The molecule has 0 spiro atoms. The summed E-state index contributed by atoms with van der Waals surface area (Å²) in [5.74, 6) is 0.897. The van der Waals surface area contributed by atoms with Crippen molar-refractivity contribution in [2.45, 2.75) is 38.5 Å². The van der Waals surface area contributed by atoms with E-state index in [2.05, 4.69) is 5.32 Å². The Kier molecular flexibility index (Phi) is 4.99. The standard InChI is InChI=1S/C14H19Cl2N/c15-12-6-7-13(16)14(10-12)17-9-8-11-4-2-1-3-5-11/h6-7,10-11,17H,1-5,8-9H2. The first-order valence-corrected chi connectivity index (χ1v) is 7.20. The monoisotopic (exact) mass is 271 g/mol. The summed E-state index contributed by atoms with van der Waals surface area (Å²) < 4.78 is 0. The number of hydrogen-bond donors (Lipinski definition) is 1. The van der Waals surface area contributed by atoms with Crippen molar-refractivity contribution in [1.82, 2.24) is 0 Å². The Morgan fingerprint density at radius 2 is 1.88 bits per heavy atom. The summed E-state index contributed by atoms with van der Waals surface area (Å²) in [5, 5.41) is 4.86. The molecule has 1 aliphatic carbocycles. The van der Waals surface area contributed by atoms with E-state index >= 15 is 0 Å². The zero-order valence-electron chi connectivity index (χ0n) is 10.0. The molecule has 1 N–H and O–H groups in total. The van der Waals surface area contributed by atoms with Crippen LogP contribution in [0.15, 0.2) is 18.2 Å². The van der Waals surface area contributed by atoms with Crippen LogP contribution in [0, 0.1) is 5.92 Å². The van der Waals surface area contributed by atoms with E-state index in [0.717, 1.165) is 28.2 Å². The summed E-state index contributed by atoms with van der Waals surface area (Å²) in [6, 6.07) is 5.55. The highest BCUT2D eigenvalue weighted by atomic mass is 35.5. The molecule has 0 heterocycles. The van der Waals surface area contributed by atoms with E-state index in [1.807, 2.05) is 18.2 Å². The van der Waals surface area contributed by atoms with Crippen molar-refractivity contribution >= 4 is 28.9 Å². The van der Waals surface area contributed by atoms with Crippen molar-refractivity contribution < 1.29 is 0 Å². The Morgan fingerprint density at radius 3 is 2.65 bits per heavy atom. The van der Waals surface area contributed by atoms with E-state index < -0.39 is 0 Å². The third-order valence-electron chi connectivity index (χ3n) is 3.52. The van der Waals surface area contributed by atoms with Gasteiger partial charge < -0.3 is 5.32 Å². The lowest BCUT2D eigenvalue weighted by molar-refractivity contribution is 0.345. The van der Waals surface area contributed by atoms with E-state index in [1.54, 1.807) is 0 Å². The second-order valence-corrected chi connectivity index (χ2v) is 5.69. The zero-order chi connectivity index (χ0) is 12.1. The van der Waals surface area contributed by atoms with Crippen LogP contribution in [0.25, 0.3) is 0 Å². The quantitative estimate of drug-likeness (QED) is 0.776. The second-order valence-electron chi connectivity index (χ2n) is 4.84. The van der Waals surface area contributed by atoms with Gasteiger partial charge in [-0.15, -0.1) is 0 Å². The number of halogens is 2. The first-order chi connectivity index (χ1) is 8.25. The molecule has 0 atom stereocenters. The Hall–Kier alpha value is -0.400. The Balaban J connectivity index is 1.79. The number of rotatable bonds is 4. The van der Waals surface area contributed by atoms with Crippen LogP contribution >= 0.6 is 23.2 Å². The average Bonchev–Trinajstić information content (AvgIpc) is 2.35. The molecule has 0 bridgehead atoms. The number of hydrogen-bond acceptors (Lipinski definition) is 1. The molecule has 17 heavy (non-hydrogen) atoms. The highest BCUT2D eigenvalue weighted by molar-refractivity contribution is 6.35. The fourth-order valence-electron chi connectivity index (χ4n) is 2.52. The lowest BCUT2D eigenvalue weighted by Crippen LogP contribution is -2.12. The molecule has 0 amide bonds. The molecule has 0 unspecified atom stereocenters. The molecular formula is C14H19Cl2N. The maximum absolute atomic E-state index is 6.10. The predicted molar refractivity (Wildman–Crippen MR) is 76.1 cm³/mol. The highest BCUT2D eigenvalue weighted by Gasteiger charge is 2.12. The fraction of sp³-hybridized carbons (Fsp3) is 0.571. The van der Waals surface area contributed by atoms with E-state index in [4.69, 9.17) is 23.2 Å². The van der Waals surface area contributed by atoms with Gasteiger partial charge in [0.1, 0.15) is 0 Å². The van der Waals surface area contributed by atoms with Gasteiger partial charge in [-0.05, 0) is 30.5 Å². The van der Waals surface area contributed by atoms with Gasteiger partial charge in [-0.25, -0.2) is 0 Å². The number of nitrogens with one attached hydrogen (secondary N) is 1. The third kappa shape index (κ3) is 4.08. The molecule has 2 rings (SSSR count). The van der Waals surface area contributed by atoms with Gasteiger partial charge in [-0.3, -0.25) is 0 Å². The summed E-state index contributed by atoms with van der Waals surface area (Å²) in [7, 11) is 0. The molecule has 0 radical (unpaired) electrons. The summed E-state index contributed by atoms with van der Waals surface area (Å²) in [5.41, 5.74) is 0.954. The van der Waals surface area contributed by atoms with Crippen LogP contribution in [0.2, 0.25) is 10.0 Å². The zero-order valence-corrected chi connectivity index (χ0v) is 11.5. The van der Waals surface area contributed by atoms with Gasteiger partial charge >= 0.3 is 0 Å². The second kappa shape index (κ2) is 6.51. The van der Waals surface area contributed by atoms with Gasteiger partial charge in [0, 0.05) is 11.6 Å². The summed E-state index contributed by atoms with van der Waals surface area (Å²) >= 11 is 12.0. The van der Waals surface area contributed by atoms with Crippen LogP contribution in [0.3, 0.4) is 0 Å². The van der Waals surface area contributed by atoms with Crippen molar-refractivity contribution in [3.05, 3.63) is 28.2 Å². The van der Waals surface area contributed by atoms with Gasteiger partial charge in [0.25, 0.3) is 0 Å². The molecule has 1 aromatic rings. The molecule has 0 aliphatic heterocycles. The maximum Gasteiger partial charge on any atom is 0.0638 e. The topological polar surface area (TPSA) is 12.0 Å². The van der Waals surface area contributed by atoms with Crippen LogP contribution < -0.4 is 5.32 Å². The Bertz CT molecular complexity index is 359. The van der Waals surface area contributed by atoms with Crippen LogP contribution in [-0.2, 0) is 0 Å². The van der Waals surface area contributed by atoms with Crippen LogP contribution in [0.5, 0.6) is 0 Å². The van der Waals surface area contributed by atoms with Crippen molar-refractivity contribution in [3.63, 3.8) is 0 Å². The average molecular weight is 272 g/mol. The molecule has 1 saturated carbocycles. The normalized spacial score (nSPS) is 17.1. The summed E-state index contributed by atoms with van der Waals surface area (Å²) in [6.45, 7) is 0.991. The molecule has 0 saturated heterocycles. The van der Waals surface area contributed by atoms with E-state index in [9.17, 15) is 0 Å². The third-order valence-corrected chi connectivity index (χ3v) is 4.09. The van der Waals surface area contributed by atoms with E-state index in [0.29, 0.717) is 0 Å². The first-order valence-electron chi connectivity index (χ1n) is 6.44. The summed E-state index contributed by atoms with van der Waals surface area (Å²) in [6.07, 6.45) is 8.26. The Labute approximate surface area is 114 Å². The molecule has 1 aliphatic rings. The molecular weight excluding hydrogens is 253 g/mol. The number of anilines is 1. The van der Waals surface area contributed by atoms with E-state index in [-0.39, 0.29) is 0 Å². The summed E-state index contributed by atoms with van der Waals surface area (Å²) in [4.78, 5) is 0. The predicted octanol–water partition coefficient (Wildman–Crippen LogP) is 5.38. The van der Waals surface area contributed by atoms with Crippen LogP contribution in [0.4, 0.5) is 5.69 Å². The van der Waals surface area contributed by atoms with Crippen LogP contribution in [-0.4, -0.2) is 6.54 Å². The van der Waals surface area contributed by atoms with Crippen molar-refractivity contribution in [3.8, 4) is 0 Å². The number of benzene rings is 1. The molecule has 1 aromatic carbocycles. The van der Waals surface area contributed by atoms with Crippen molar-refractivity contribution in [2.75, 3.05) is 11.9 Å².